The van der Waals surface area contributed by atoms with E-state index >= 15 is 0 Å². The van der Waals surface area contributed by atoms with Crippen molar-refractivity contribution in [2.24, 2.45) is 0 Å². The molecule has 152 valence electrons. The van der Waals surface area contributed by atoms with Crippen molar-refractivity contribution >= 4 is 35.1 Å². The van der Waals surface area contributed by atoms with Gasteiger partial charge in [0.05, 0.1) is 12.5 Å². The molecule has 0 radical (unpaired) electrons. The highest BCUT2D eigenvalue weighted by Gasteiger charge is 2.34. The molecule has 9 heteroatoms. The lowest BCUT2D eigenvalue weighted by Crippen LogP contribution is -2.60. The number of nitrogens with zero attached hydrogens (tertiary/aromatic N) is 1. The van der Waals surface area contributed by atoms with Gasteiger partial charge in [0.25, 0.3) is 0 Å². The van der Waals surface area contributed by atoms with Crippen molar-refractivity contribution in [1.29, 1.82) is 0 Å². The summed E-state index contributed by atoms with van der Waals surface area (Å²) in [6.07, 6.45) is 4.85. The fourth-order valence-corrected chi connectivity index (χ4v) is 3.46. The van der Waals surface area contributed by atoms with E-state index in [9.17, 15) is 14.4 Å². The average Bonchev–Trinajstić information content (AvgIpc) is 3.15. The number of hydrogen-bond acceptors (Lipinski definition) is 6. The summed E-state index contributed by atoms with van der Waals surface area (Å²) >= 11 is 5.31. The summed E-state index contributed by atoms with van der Waals surface area (Å²) in [5, 5.41) is 5.59. The van der Waals surface area contributed by atoms with Gasteiger partial charge in [0.15, 0.2) is 5.11 Å². The molecule has 0 aromatic heterocycles. The molecular formula is C18H29N3O5S. The van der Waals surface area contributed by atoms with Gasteiger partial charge in [-0.1, -0.05) is 19.8 Å². The molecule has 2 aliphatic rings. The van der Waals surface area contributed by atoms with Crippen LogP contribution < -0.4 is 10.6 Å². The lowest BCUT2D eigenvalue weighted by molar-refractivity contribution is -0.150. The van der Waals surface area contributed by atoms with Crippen LogP contribution >= 0.6 is 12.2 Å². The van der Waals surface area contributed by atoms with Crippen LogP contribution in [0.15, 0.2) is 0 Å². The Kier molecular flexibility index (Phi) is 8.93. The third-order valence-electron chi connectivity index (χ3n) is 4.66. The molecule has 0 aromatic rings. The highest BCUT2D eigenvalue weighted by molar-refractivity contribution is 7.80. The van der Waals surface area contributed by atoms with Crippen LogP contribution in [-0.2, 0) is 23.9 Å². The van der Waals surface area contributed by atoms with Crippen molar-refractivity contribution < 1.29 is 23.9 Å². The van der Waals surface area contributed by atoms with Crippen molar-refractivity contribution in [3.05, 3.63) is 0 Å². The fraction of sp³-hybridized carbons (Fsp3) is 0.778. The Bertz CT molecular complexity index is 551. The molecule has 2 N–H and O–H groups in total. The SMILES string of the molecule is CCCCCC(=O)NC(=S)N1CCNC(=O)[C@@H]1CC(=O)OC[C@H]1CCCO1. The van der Waals surface area contributed by atoms with Gasteiger partial charge in [0, 0.05) is 26.1 Å². The molecule has 2 saturated heterocycles. The molecular weight excluding hydrogens is 370 g/mol. The van der Waals surface area contributed by atoms with Crippen LogP contribution in [-0.4, -0.2) is 66.2 Å². The molecule has 27 heavy (non-hydrogen) atoms. The number of rotatable bonds is 8. The van der Waals surface area contributed by atoms with Crippen molar-refractivity contribution in [2.75, 3.05) is 26.3 Å². The Morgan fingerprint density at radius 2 is 2.22 bits per heavy atom. The maximum atomic E-state index is 12.2. The normalized spacial score (nSPS) is 22.3. The highest BCUT2D eigenvalue weighted by atomic mass is 32.1. The van der Waals surface area contributed by atoms with E-state index in [0.29, 0.717) is 26.1 Å². The number of carbonyl (C=O) groups is 3. The number of ether oxygens (including phenoxy) is 2. The van der Waals surface area contributed by atoms with E-state index < -0.39 is 12.0 Å². The predicted octanol–water partition coefficient (Wildman–Crippen LogP) is 0.881. The van der Waals surface area contributed by atoms with Crippen molar-refractivity contribution in [3.63, 3.8) is 0 Å². The van der Waals surface area contributed by atoms with Crippen LogP contribution in [0, 0.1) is 0 Å². The van der Waals surface area contributed by atoms with Crippen LogP contribution in [0.4, 0.5) is 0 Å². The van der Waals surface area contributed by atoms with Gasteiger partial charge in [-0.3, -0.25) is 14.4 Å². The summed E-state index contributed by atoms with van der Waals surface area (Å²) in [7, 11) is 0. The molecule has 2 fully saturated rings. The zero-order valence-corrected chi connectivity index (χ0v) is 16.6. The number of piperazine rings is 1. The first-order chi connectivity index (χ1) is 13.0. The molecule has 0 bridgehead atoms. The number of thiocarbonyl (C=S) groups is 1. The summed E-state index contributed by atoms with van der Waals surface area (Å²) < 4.78 is 10.7. The fourth-order valence-electron chi connectivity index (χ4n) is 3.13. The van der Waals surface area contributed by atoms with E-state index in [-0.39, 0.29) is 36.1 Å². The monoisotopic (exact) mass is 399 g/mol. The minimum absolute atomic E-state index is 0.0614. The topological polar surface area (TPSA) is 97.0 Å². The van der Waals surface area contributed by atoms with Gasteiger partial charge in [-0.2, -0.15) is 0 Å². The first kappa shape index (κ1) is 21.6. The number of nitrogens with one attached hydrogen (secondary N) is 2. The van der Waals surface area contributed by atoms with Crippen LogP contribution in [0.25, 0.3) is 0 Å². The molecule has 2 aliphatic heterocycles. The molecule has 2 rings (SSSR count). The number of hydrogen-bond donors (Lipinski definition) is 2. The molecule has 0 spiro atoms. The molecule has 0 unspecified atom stereocenters. The predicted molar refractivity (Wildman–Crippen MR) is 103 cm³/mol. The van der Waals surface area contributed by atoms with Crippen molar-refractivity contribution in [3.8, 4) is 0 Å². The van der Waals surface area contributed by atoms with Gasteiger partial charge in [-0.15, -0.1) is 0 Å². The summed E-state index contributed by atoms with van der Waals surface area (Å²) in [6, 6.07) is -0.779. The van der Waals surface area contributed by atoms with E-state index in [4.69, 9.17) is 21.7 Å². The minimum atomic E-state index is -0.779. The second-order valence-corrected chi connectivity index (χ2v) is 7.22. The van der Waals surface area contributed by atoms with Gasteiger partial charge in [0.2, 0.25) is 11.8 Å². The molecule has 0 saturated carbocycles. The van der Waals surface area contributed by atoms with E-state index in [1.807, 2.05) is 0 Å². The lowest BCUT2D eigenvalue weighted by atomic mass is 10.1. The quantitative estimate of drug-likeness (QED) is 0.355. The van der Waals surface area contributed by atoms with Crippen LogP contribution in [0.3, 0.4) is 0 Å². The molecule has 2 amide bonds. The number of esters is 1. The second kappa shape index (κ2) is 11.2. The Morgan fingerprint density at radius 3 is 2.93 bits per heavy atom. The lowest BCUT2D eigenvalue weighted by Gasteiger charge is -2.36. The smallest absolute Gasteiger partial charge is 0.308 e. The van der Waals surface area contributed by atoms with Crippen molar-refractivity contribution in [2.45, 2.75) is 64.0 Å². The Labute approximate surface area is 165 Å². The van der Waals surface area contributed by atoms with Gasteiger partial charge in [-0.25, -0.2) is 0 Å². The standard InChI is InChI=1S/C18H29N3O5S/c1-2-3-4-7-15(22)20-18(27)21-9-8-19-17(24)14(21)11-16(23)26-12-13-6-5-10-25-13/h13-14H,2-12H2,1H3,(H,19,24)(H,20,22,27)/t13-,14+/m1/s1. The van der Waals surface area contributed by atoms with Crippen LogP contribution in [0.2, 0.25) is 0 Å². The molecule has 2 heterocycles. The first-order valence-corrected chi connectivity index (χ1v) is 10.1. The molecule has 0 aliphatic carbocycles. The second-order valence-electron chi connectivity index (χ2n) is 6.83. The van der Waals surface area contributed by atoms with Crippen molar-refractivity contribution in [1.82, 2.24) is 15.5 Å². The summed E-state index contributed by atoms with van der Waals surface area (Å²) in [6.45, 7) is 3.80. The number of unbranched alkanes of at least 4 members (excludes halogenated alkanes) is 2. The zero-order valence-electron chi connectivity index (χ0n) is 15.8. The van der Waals surface area contributed by atoms with Gasteiger partial charge < -0.3 is 25.0 Å². The van der Waals surface area contributed by atoms with E-state index in [1.165, 1.54) is 0 Å². The Balaban J connectivity index is 1.85. The van der Waals surface area contributed by atoms with Crippen LogP contribution in [0.1, 0.15) is 51.9 Å². The maximum Gasteiger partial charge on any atom is 0.308 e. The highest BCUT2D eigenvalue weighted by Crippen LogP contribution is 2.14. The van der Waals surface area contributed by atoms with E-state index in [1.54, 1.807) is 4.90 Å². The van der Waals surface area contributed by atoms with Gasteiger partial charge in [0.1, 0.15) is 12.6 Å². The van der Waals surface area contributed by atoms with Gasteiger partial charge in [-0.05, 0) is 31.5 Å². The Morgan fingerprint density at radius 1 is 1.41 bits per heavy atom. The third-order valence-corrected chi connectivity index (χ3v) is 5.00. The summed E-state index contributed by atoms with van der Waals surface area (Å²) in [4.78, 5) is 38.0. The van der Waals surface area contributed by atoms with E-state index in [0.717, 1.165) is 32.1 Å². The number of carbonyl (C=O) groups excluding carboxylic acids is 3. The summed E-state index contributed by atoms with van der Waals surface area (Å²) in [5.41, 5.74) is 0. The first-order valence-electron chi connectivity index (χ1n) is 9.66. The minimum Gasteiger partial charge on any atom is -0.463 e. The molecule has 2 atom stereocenters. The molecule has 0 aromatic carbocycles. The number of amides is 2. The maximum absolute atomic E-state index is 12.2. The van der Waals surface area contributed by atoms with Crippen LogP contribution in [0.5, 0.6) is 0 Å². The third kappa shape index (κ3) is 7.06. The Hall–Kier alpha value is -1.74. The van der Waals surface area contributed by atoms with Gasteiger partial charge >= 0.3 is 5.97 Å². The molecule has 8 nitrogen and oxygen atoms in total. The summed E-state index contributed by atoms with van der Waals surface area (Å²) in [5.74, 6) is -0.938. The largest absolute Gasteiger partial charge is 0.463 e. The van der Waals surface area contributed by atoms with E-state index in [2.05, 4.69) is 17.6 Å². The zero-order chi connectivity index (χ0) is 19.6. The average molecular weight is 400 g/mol.